The number of nitrogens with one attached hydrogen (secondary N) is 6. The Morgan fingerprint density at radius 1 is 0.386 bits per heavy atom. The highest BCUT2D eigenvalue weighted by atomic mass is 32.2. The van der Waals surface area contributed by atoms with Gasteiger partial charge < -0.3 is 45.2 Å². The molecule has 6 fully saturated rings. The molecule has 3 aliphatic heterocycles. The van der Waals surface area contributed by atoms with Crippen molar-refractivity contribution in [3.63, 3.8) is 0 Å². The molecule has 30 nitrogen and oxygen atoms in total. The van der Waals surface area contributed by atoms with Crippen LogP contribution in [0.25, 0.3) is 0 Å². The second-order valence-corrected chi connectivity index (χ2v) is 37.8. The standard InChI is InChI=1S/3C27H36N4O6S/c3*1-19-11-12-20(22(32)18-31(19)38(35,36)24-10-4-7-15-28-24)29-25(33)21(17-27(2)13-5-3-6-14-27)30-26(34)23-9-8-16-37-23/h3*4,7-10,15-16,19-21H,3,5-6,11-14,17-18H2,1-2H3,(H,29,33)(H,30,34)/t19-,20+,21?;19-,20+,21+;19-,20+,21-/m111/s1. The normalized spacial score (nSPS) is 23.3. The predicted molar refractivity (Wildman–Crippen MR) is 419 cm³/mol. The fraction of sp³-hybridized carbons (Fsp3) is 0.556. The van der Waals surface area contributed by atoms with Crippen molar-refractivity contribution in [1.82, 2.24) is 59.8 Å². The van der Waals surface area contributed by atoms with Gasteiger partial charge in [-0.25, -0.2) is 40.2 Å². The molecule has 12 rings (SSSR count). The Kier molecular flexibility index (Phi) is 29.8. The van der Waals surface area contributed by atoms with Crippen LogP contribution in [0.3, 0.4) is 0 Å². The Balaban J connectivity index is 0.000000181. The van der Waals surface area contributed by atoms with Crippen molar-refractivity contribution in [2.24, 2.45) is 16.2 Å². The molecule has 0 radical (unpaired) electrons. The predicted octanol–water partition coefficient (Wildman–Crippen LogP) is 9.18. The molecule has 9 heterocycles. The SMILES string of the molecule is C[C@@H]1CC[C@H](NC(=O)C(CC2(C)CCCCC2)NC(=O)c2ccco2)C(=O)CN1S(=O)(=O)c1ccccn1.C[C@@H]1CC[C@H](NC(=O)[C@@H](CC2(C)CCCCC2)NC(=O)c2ccco2)C(=O)CN1S(=O)(=O)c1ccccn1.C[C@@H]1CC[C@H](NC(=O)[C@H](CC2(C)CCCCC2)NC(=O)c2ccco2)C(=O)CN1S(=O)(=O)c1ccccn1. The molecule has 6 amide bonds. The molecule has 114 heavy (non-hydrogen) atoms. The van der Waals surface area contributed by atoms with Crippen molar-refractivity contribution in [2.45, 2.75) is 265 Å². The number of carbonyl (C=O) groups is 9. The molecule has 3 saturated heterocycles. The quantitative estimate of drug-likeness (QED) is 0.0329. The van der Waals surface area contributed by atoms with Gasteiger partial charge in [-0.2, -0.15) is 12.9 Å². The highest BCUT2D eigenvalue weighted by Crippen LogP contribution is 2.43. The summed E-state index contributed by atoms with van der Waals surface area (Å²) in [5.41, 5.74) is -0.356. The Morgan fingerprint density at radius 2 is 0.640 bits per heavy atom. The van der Waals surface area contributed by atoms with E-state index in [0.717, 1.165) is 109 Å². The zero-order valence-electron chi connectivity index (χ0n) is 65.7. The van der Waals surface area contributed by atoms with Crippen molar-refractivity contribution in [1.29, 1.82) is 0 Å². The van der Waals surface area contributed by atoms with Crippen LogP contribution in [-0.2, 0) is 58.8 Å². The third kappa shape index (κ3) is 22.9. The maximum atomic E-state index is 13.5. The van der Waals surface area contributed by atoms with Gasteiger partial charge in [0.15, 0.2) is 49.7 Å². The number of sulfonamides is 3. The van der Waals surface area contributed by atoms with E-state index < -0.39 is 137 Å². The van der Waals surface area contributed by atoms with Crippen LogP contribution in [0.15, 0.2) is 157 Å². The summed E-state index contributed by atoms with van der Waals surface area (Å²) in [6, 6.07) is 16.6. The van der Waals surface area contributed by atoms with E-state index in [-0.39, 0.29) is 87.5 Å². The van der Waals surface area contributed by atoms with E-state index in [2.05, 4.69) is 67.6 Å². The van der Waals surface area contributed by atoms with E-state index in [1.54, 1.807) is 75.4 Å². The lowest BCUT2D eigenvalue weighted by Crippen LogP contribution is -2.53. The lowest BCUT2D eigenvalue weighted by Gasteiger charge is -2.36. The average molecular weight is 1630 g/mol. The van der Waals surface area contributed by atoms with Crippen molar-refractivity contribution < 1.29 is 81.7 Å². The number of nitrogens with zero attached hydrogens (tertiary/aromatic N) is 6. The van der Waals surface area contributed by atoms with E-state index in [1.807, 2.05) is 0 Å². The van der Waals surface area contributed by atoms with Gasteiger partial charge in [0.2, 0.25) is 17.7 Å². The first-order valence-electron chi connectivity index (χ1n) is 39.6. The van der Waals surface area contributed by atoms with Crippen molar-refractivity contribution >= 4 is 82.9 Å². The van der Waals surface area contributed by atoms with Gasteiger partial charge in [0, 0.05) is 36.7 Å². The van der Waals surface area contributed by atoms with E-state index in [0.29, 0.717) is 38.5 Å². The third-order valence-electron chi connectivity index (χ3n) is 23.2. The van der Waals surface area contributed by atoms with Gasteiger partial charge in [0.1, 0.15) is 18.1 Å². The van der Waals surface area contributed by atoms with Crippen LogP contribution in [0.1, 0.15) is 227 Å². The molecular formula is C81H108N12O18S3. The molecule has 618 valence electrons. The van der Waals surface area contributed by atoms with Gasteiger partial charge in [0.25, 0.3) is 47.8 Å². The Labute approximate surface area is 667 Å². The lowest BCUT2D eigenvalue weighted by atomic mass is 9.71. The summed E-state index contributed by atoms with van der Waals surface area (Å²) in [4.78, 5) is 130. The number of amides is 6. The average Bonchev–Trinajstić information content (AvgIpc) is 1.49. The van der Waals surface area contributed by atoms with Crippen molar-refractivity contribution in [3.8, 4) is 0 Å². The lowest BCUT2D eigenvalue weighted by molar-refractivity contribution is -0.129. The molecule has 6 aromatic heterocycles. The van der Waals surface area contributed by atoms with Gasteiger partial charge in [0.05, 0.1) is 56.5 Å². The van der Waals surface area contributed by atoms with Crippen LogP contribution in [-0.4, -0.2) is 180 Å². The Morgan fingerprint density at radius 3 is 0.860 bits per heavy atom. The molecule has 0 spiro atoms. The van der Waals surface area contributed by atoms with Gasteiger partial charge in [-0.05, 0) is 206 Å². The fourth-order valence-electron chi connectivity index (χ4n) is 16.3. The van der Waals surface area contributed by atoms with Gasteiger partial charge in [-0.15, -0.1) is 0 Å². The molecule has 6 aliphatic rings. The first-order chi connectivity index (χ1) is 54.3. The van der Waals surface area contributed by atoms with Crippen molar-refractivity contribution in [3.05, 3.63) is 146 Å². The second kappa shape index (κ2) is 39.0. The maximum absolute atomic E-state index is 13.5. The molecule has 6 aromatic rings. The number of ketones is 3. The Hall–Kier alpha value is -9.15. The molecule has 6 N–H and O–H groups in total. The number of hydrogen-bond donors (Lipinski definition) is 6. The van der Waals surface area contributed by atoms with E-state index in [1.165, 1.54) is 73.8 Å². The molecular weight excluding hydrogens is 1530 g/mol. The minimum Gasteiger partial charge on any atom is -0.459 e. The van der Waals surface area contributed by atoms with Gasteiger partial charge >= 0.3 is 0 Å². The number of carbonyl (C=O) groups excluding carboxylic acids is 9. The van der Waals surface area contributed by atoms with Gasteiger partial charge in [-0.1, -0.05) is 96.8 Å². The van der Waals surface area contributed by atoms with Crippen LogP contribution in [0.4, 0.5) is 0 Å². The highest BCUT2D eigenvalue weighted by molar-refractivity contribution is 7.89. The molecule has 33 heteroatoms. The largest absolute Gasteiger partial charge is 0.459 e. The smallest absolute Gasteiger partial charge is 0.287 e. The van der Waals surface area contributed by atoms with E-state index in [4.69, 9.17) is 13.3 Å². The number of hydrogen-bond acceptors (Lipinski definition) is 21. The van der Waals surface area contributed by atoms with Crippen LogP contribution in [0.5, 0.6) is 0 Å². The summed E-state index contributed by atoms with van der Waals surface area (Å²) in [7, 11) is -11.9. The summed E-state index contributed by atoms with van der Waals surface area (Å²) in [6.45, 7) is 10.5. The number of rotatable bonds is 24. The van der Waals surface area contributed by atoms with Crippen LogP contribution in [0.2, 0.25) is 0 Å². The zero-order valence-corrected chi connectivity index (χ0v) is 68.1. The minimum atomic E-state index is -3.98. The summed E-state index contributed by atoms with van der Waals surface area (Å²) in [6.07, 6.45) is 27.2. The molecule has 3 aliphatic carbocycles. The molecule has 0 aromatic carbocycles. The van der Waals surface area contributed by atoms with Crippen LogP contribution in [0, 0.1) is 16.2 Å². The summed E-state index contributed by atoms with van der Waals surface area (Å²) in [5, 5.41) is 16.5. The second-order valence-electron chi connectivity index (χ2n) is 32.3. The molecule has 1 unspecified atom stereocenters. The summed E-state index contributed by atoms with van der Waals surface area (Å²) >= 11 is 0. The first-order valence-corrected chi connectivity index (χ1v) is 43.9. The molecule has 9 atom stereocenters. The maximum Gasteiger partial charge on any atom is 0.287 e. The zero-order chi connectivity index (χ0) is 82.0. The summed E-state index contributed by atoms with van der Waals surface area (Å²) in [5.74, 6) is -3.75. The number of furan rings is 3. The Bertz CT molecular complexity index is 4140. The number of pyridine rings is 3. The molecule has 3 saturated carbocycles. The summed E-state index contributed by atoms with van der Waals surface area (Å²) < 4.78 is 98.2. The fourth-order valence-corrected chi connectivity index (χ4v) is 21.0. The highest BCUT2D eigenvalue weighted by Gasteiger charge is 2.45. The number of aromatic nitrogens is 3. The van der Waals surface area contributed by atoms with Crippen molar-refractivity contribution in [2.75, 3.05) is 19.6 Å². The van der Waals surface area contributed by atoms with E-state index >= 15 is 0 Å². The van der Waals surface area contributed by atoms with Crippen LogP contribution >= 0.6 is 0 Å². The third-order valence-corrected chi connectivity index (χ3v) is 28.8. The molecule has 0 bridgehead atoms. The monoisotopic (exact) mass is 1630 g/mol. The first kappa shape index (κ1) is 87.2. The number of Topliss-reactive ketones (excluding diaryl/α,β-unsaturated/α-hetero) is 3. The minimum absolute atomic E-state index is 0.103. The van der Waals surface area contributed by atoms with Gasteiger partial charge in [-0.3, -0.25) is 43.2 Å². The van der Waals surface area contributed by atoms with Crippen LogP contribution < -0.4 is 31.9 Å². The topological polar surface area (TPSA) is 416 Å². The van der Waals surface area contributed by atoms with E-state index in [9.17, 15) is 68.4 Å².